The molecular formula is C9H11ClO5S. The lowest BCUT2D eigenvalue weighted by Crippen LogP contribution is -2.00. The fourth-order valence-corrected chi connectivity index (χ4v) is 2.19. The lowest BCUT2D eigenvalue weighted by atomic mass is 10.2. The zero-order valence-electron chi connectivity index (χ0n) is 8.73. The van der Waals surface area contributed by atoms with Crippen LogP contribution in [0.2, 0.25) is 0 Å². The van der Waals surface area contributed by atoms with E-state index >= 15 is 0 Å². The van der Waals surface area contributed by atoms with Crippen molar-refractivity contribution in [1.29, 1.82) is 0 Å². The van der Waals surface area contributed by atoms with Gasteiger partial charge in [-0.05, 0) is 0 Å². The lowest BCUT2D eigenvalue weighted by Gasteiger charge is -2.11. The van der Waals surface area contributed by atoms with Crippen molar-refractivity contribution in [3.63, 3.8) is 0 Å². The molecule has 0 aliphatic rings. The Hall–Kier alpha value is -1.14. The Bertz CT molecular complexity index is 483. The van der Waals surface area contributed by atoms with Crippen LogP contribution in [0.15, 0.2) is 12.1 Å². The summed E-state index contributed by atoms with van der Waals surface area (Å²) < 4.78 is 31.7. The molecule has 0 bridgehead atoms. The van der Waals surface area contributed by atoms with Crippen LogP contribution in [0.5, 0.6) is 17.2 Å². The summed E-state index contributed by atoms with van der Waals surface area (Å²) in [5.41, 5.74) is 0.110. The van der Waals surface area contributed by atoms with Gasteiger partial charge in [-0.1, -0.05) is 0 Å². The Morgan fingerprint density at radius 1 is 1.31 bits per heavy atom. The molecule has 0 unspecified atom stereocenters. The average molecular weight is 267 g/mol. The molecule has 90 valence electrons. The summed E-state index contributed by atoms with van der Waals surface area (Å²) in [5.74, 6) is -0.167. The second-order valence-electron chi connectivity index (χ2n) is 3.01. The van der Waals surface area contributed by atoms with Crippen LogP contribution < -0.4 is 9.47 Å². The molecule has 0 saturated carbocycles. The fourth-order valence-electron chi connectivity index (χ4n) is 1.22. The van der Waals surface area contributed by atoms with Gasteiger partial charge in [0.2, 0.25) is 9.05 Å². The minimum absolute atomic E-state index is 0.110. The van der Waals surface area contributed by atoms with Crippen molar-refractivity contribution in [2.45, 2.75) is 5.75 Å². The summed E-state index contributed by atoms with van der Waals surface area (Å²) in [6.07, 6.45) is 0. The Kier molecular flexibility index (Phi) is 3.88. The van der Waals surface area contributed by atoms with Crippen molar-refractivity contribution in [2.75, 3.05) is 14.2 Å². The van der Waals surface area contributed by atoms with E-state index in [0.29, 0.717) is 5.75 Å². The number of hydrogen-bond acceptors (Lipinski definition) is 5. The van der Waals surface area contributed by atoms with E-state index < -0.39 is 14.8 Å². The minimum atomic E-state index is -3.76. The van der Waals surface area contributed by atoms with E-state index in [1.165, 1.54) is 26.4 Å². The number of benzene rings is 1. The highest BCUT2D eigenvalue weighted by atomic mass is 35.7. The van der Waals surface area contributed by atoms with Crippen LogP contribution in [0.1, 0.15) is 5.56 Å². The SMILES string of the molecule is COc1cc(O)c(CS(=O)(=O)Cl)c(OC)c1. The highest BCUT2D eigenvalue weighted by Crippen LogP contribution is 2.34. The molecule has 0 amide bonds. The van der Waals surface area contributed by atoms with Gasteiger partial charge in [-0.25, -0.2) is 8.42 Å². The standard InChI is InChI=1S/C9H11ClO5S/c1-14-6-3-8(11)7(5-16(10,12)13)9(4-6)15-2/h3-4,11H,5H2,1-2H3. The Morgan fingerprint density at radius 2 is 1.94 bits per heavy atom. The van der Waals surface area contributed by atoms with Crippen molar-refractivity contribution in [2.24, 2.45) is 0 Å². The van der Waals surface area contributed by atoms with Crippen molar-refractivity contribution in [3.05, 3.63) is 17.7 Å². The maximum Gasteiger partial charge on any atom is 0.237 e. The van der Waals surface area contributed by atoms with Crippen LogP contribution in [-0.2, 0) is 14.8 Å². The fraction of sp³-hybridized carbons (Fsp3) is 0.333. The van der Waals surface area contributed by atoms with Gasteiger partial charge in [0, 0.05) is 22.8 Å². The quantitative estimate of drug-likeness (QED) is 0.836. The summed E-state index contributed by atoms with van der Waals surface area (Å²) in [5, 5.41) is 9.61. The molecule has 1 aromatic carbocycles. The molecule has 7 heteroatoms. The molecule has 1 N–H and O–H groups in total. The van der Waals surface area contributed by atoms with E-state index in [2.05, 4.69) is 0 Å². The molecule has 0 aromatic heterocycles. The van der Waals surface area contributed by atoms with Crippen LogP contribution in [0.4, 0.5) is 0 Å². The highest BCUT2D eigenvalue weighted by molar-refractivity contribution is 8.13. The zero-order valence-corrected chi connectivity index (χ0v) is 10.3. The largest absolute Gasteiger partial charge is 0.507 e. The normalized spacial score (nSPS) is 11.2. The van der Waals surface area contributed by atoms with Gasteiger partial charge in [0.05, 0.1) is 25.5 Å². The van der Waals surface area contributed by atoms with Gasteiger partial charge in [-0.2, -0.15) is 0 Å². The third kappa shape index (κ3) is 3.18. The van der Waals surface area contributed by atoms with Gasteiger partial charge < -0.3 is 14.6 Å². The molecule has 16 heavy (non-hydrogen) atoms. The molecule has 0 saturated heterocycles. The zero-order chi connectivity index (χ0) is 12.3. The number of aromatic hydroxyl groups is 1. The summed E-state index contributed by atoms with van der Waals surface area (Å²) in [7, 11) is 4.14. The summed E-state index contributed by atoms with van der Waals surface area (Å²) in [6, 6.07) is 2.76. The first kappa shape index (κ1) is 12.9. The molecule has 0 heterocycles. The Labute approximate surface area is 98.0 Å². The summed E-state index contributed by atoms with van der Waals surface area (Å²) in [4.78, 5) is 0. The number of phenols is 1. The monoisotopic (exact) mass is 266 g/mol. The molecule has 0 spiro atoms. The molecule has 0 aliphatic carbocycles. The number of ether oxygens (including phenoxy) is 2. The number of methoxy groups -OCH3 is 2. The van der Waals surface area contributed by atoms with Crippen LogP contribution >= 0.6 is 10.7 Å². The van der Waals surface area contributed by atoms with E-state index in [4.69, 9.17) is 20.2 Å². The molecular weight excluding hydrogens is 256 g/mol. The van der Waals surface area contributed by atoms with Gasteiger partial charge in [0.15, 0.2) is 0 Å². The van der Waals surface area contributed by atoms with E-state index in [0.717, 1.165) is 0 Å². The number of hydrogen-bond donors (Lipinski definition) is 1. The van der Waals surface area contributed by atoms with Crippen LogP contribution in [0.25, 0.3) is 0 Å². The summed E-state index contributed by atoms with van der Waals surface area (Å²) >= 11 is 0. The smallest absolute Gasteiger partial charge is 0.237 e. The topological polar surface area (TPSA) is 72.8 Å². The summed E-state index contributed by atoms with van der Waals surface area (Å²) in [6.45, 7) is 0. The molecule has 5 nitrogen and oxygen atoms in total. The maximum atomic E-state index is 10.9. The van der Waals surface area contributed by atoms with Crippen molar-refractivity contribution in [3.8, 4) is 17.2 Å². The number of halogens is 1. The van der Waals surface area contributed by atoms with E-state index in [-0.39, 0.29) is 17.1 Å². The lowest BCUT2D eigenvalue weighted by molar-refractivity contribution is 0.381. The minimum Gasteiger partial charge on any atom is -0.507 e. The molecule has 0 radical (unpaired) electrons. The van der Waals surface area contributed by atoms with Crippen molar-refractivity contribution >= 4 is 19.7 Å². The Balaban J connectivity index is 3.27. The van der Waals surface area contributed by atoms with Crippen LogP contribution in [-0.4, -0.2) is 27.7 Å². The van der Waals surface area contributed by atoms with E-state index in [1.54, 1.807) is 0 Å². The first-order valence-corrected chi connectivity index (χ1v) is 6.71. The average Bonchev–Trinajstić information content (AvgIpc) is 2.19. The van der Waals surface area contributed by atoms with Gasteiger partial charge in [0.1, 0.15) is 17.2 Å². The Morgan fingerprint density at radius 3 is 2.38 bits per heavy atom. The highest BCUT2D eigenvalue weighted by Gasteiger charge is 2.17. The predicted molar refractivity (Wildman–Crippen MR) is 59.7 cm³/mol. The van der Waals surface area contributed by atoms with E-state index in [9.17, 15) is 13.5 Å². The first-order valence-electron chi connectivity index (χ1n) is 4.23. The van der Waals surface area contributed by atoms with Gasteiger partial charge in [-0.15, -0.1) is 0 Å². The van der Waals surface area contributed by atoms with E-state index in [1.807, 2.05) is 0 Å². The van der Waals surface area contributed by atoms with Gasteiger partial charge in [-0.3, -0.25) is 0 Å². The van der Waals surface area contributed by atoms with Crippen LogP contribution in [0, 0.1) is 0 Å². The van der Waals surface area contributed by atoms with Crippen molar-refractivity contribution in [1.82, 2.24) is 0 Å². The van der Waals surface area contributed by atoms with Gasteiger partial charge >= 0.3 is 0 Å². The molecule has 1 rings (SSSR count). The second kappa shape index (κ2) is 4.80. The third-order valence-electron chi connectivity index (χ3n) is 1.93. The van der Waals surface area contributed by atoms with Gasteiger partial charge in [0.25, 0.3) is 0 Å². The van der Waals surface area contributed by atoms with Crippen molar-refractivity contribution < 1.29 is 23.0 Å². The molecule has 0 fully saturated rings. The number of rotatable bonds is 4. The predicted octanol–water partition coefficient (Wildman–Crippen LogP) is 1.48. The molecule has 1 aromatic rings. The molecule has 0 atom stereocenters. The van der Waals surface area contributed by atoms with Crippen LogP contribution in [0.3, 0.4) is 0 Å². The first-order chi connectivity index (χ1) is 7.37. The third-order valence-corrected chi connectivity index (χ3v) is 2.89. The maximum absolute atomic E-state index is 10.9. The second-order valence-corrected chi connectivity index (χ2v) is 5.79. The molecule has 0 aliphatic heterocycles. The number of phenolic OH excluding ortho intramolecular Hbond substituents is 1.